The van der Waals surface area contributed by atoms with Crippen molar-refractivity contribution in [2.24, 2.45) is 5.92 Å². The van der Waals surface area contributed by atoms with Gasteiger partial charge in [-0.2, -0.15) is 5.01 Å². The third kappa shape index (κ3) is 4.64. The average Bonchev–Trinajstić information content (AvgIpc) is 3.09. The summed E-state index contributed by atoms with van der Waals surface area (Å²) in [5.41, 5.74) is 1.58. The Balaban J connectivity index is 1.09. The summed E-state index contributed by atoms with van der Waals surface area (Å²) in [5.74, 6) is 0.742. The molecule has 35 heavy (non-hydrogen) atoms. The number of carbonyl (C=O) groups is 4. The van der Waals surface area contributed by atoms with E-state index in [0.29, 0.717) is 56.4 Å². The Labute approximate surface area is 203 Å². The van der Waals surface area contributed by atoms with Crippen molar-refractivity contribution >= 4 is 23.8 Å². The molecule has 2 N–H and O–H groups in total. The molecule has 3 fully saturated rings. The van der Waals surface area contributed by atoms with E-state index in [4.69, 9.17) is 9.47 Å². The Morgan fingerprint density at radius 3 is 2.49 bits per heavy atom. The molecule has 5 rings (SSSR count). The minimum atomic E-state index is -0.895. The molecule has 1 spiro atoms. The van der Waals surface area contributed by atoms with Gasteiger partial charge in [0.15, 0.2) is 11.5 Å². The molecule has 11 nitrogen and oxygen atoms in total. The topological polar surface area (TPSA) is 121 Å². The van der Waals surface area contributed by atoms with E-state index in [9.17, 15) is 19.2 Å². The number of benzene rings is 1. The van der Waals surface area contributed by atoms with Crippen molar-refractivity contribution in [3.05, 3.63) is 24.3 Å². The van der Waals surface area contributed by atoms with Crippen LogP contribution in [0.2, 0.25) is 0 Å². The zero-order chi connectivity index (χ0) is 24.6. The molecule has 1 saturated carbocycles. The molecule has 0 bridgehead atoms. The molecule has 11 heteroatoms. The minimum Gasteiger partial charge on any atom is -0.485 e. The van der Waals surface area contributed by atoms with Gasteiger partial charge in [-0.3, -0.25) is 24.7 Å². The van der Waals surface area contributed by atoms with E-state index in [1.807, 2.05) is 17.0 Å². The van der Waals surface area contributed by atoms with Gasteiger partial charge in [-0.05, 0) is 43.7 Å². The number of fused-ring (bicyclic) bond motifs is 1. The first-order valence-corrected chi connectivity index (χ1v) is 12.2. The molecular weight excluding hydrogens is 454 g/mol. The summed E-state index contributed by atoms with van der Waals surface area (Å²) in [5, 5.41) is 3.63. The number of ether oxygens (including phenoxy) is 2. The van der Waals surface area contributed by atoms with Crippen LogP contribution >= 0.6 is 0 Å². The molecule has 5 amide bonds. The smallest absolute Gasteiger partial charge is 0.344 e. The van der Waals surface area contributed by atoms with Gasteiger partial charge in [-0.15, -0.1) is 0 Å². The van der Waals surface area contributed by atoms with Gasteiger partial charge in [-0.1, -0.05) is 19.1 Å². The highest BCUT2D eigenvalue weighted by atomic mass is 16.6. The number of carbonyl (C=O) groups excluding carboxylic acids is 4. The summed E-state index contributed by atoms with van der Waals surface area (Å²) >= 11 is 0. The monoisotopic (exact) mass is 485 g/mol. The third-order valence-corrected chi connectivity index (χ3v) is 7.36. The standard InChI is InChI=1S/C24H31N5O6/c1-16-6-8-24(9-7-16)22(32)29(23(33)25-24)26-20(30)14-27-10-12-28(13-11-27)21(31)19-15-34-17-4-2-3-5-18(17)35-19/h2-5,16,19H,6-15H2,1H3,(H,25,33)(H,26,30). The molecular formula is C24H31N5O6. The second-order valence-electron chi connectivity index (χ2n) is 9.84. The van der Waals surface area contributed by atoms with Crippen LogP contribution in [-0.2, 0) is 14.4 Å². The first-order valence-electron chi connectivity index (χ1n) is 12.2. The maximum Gasteiger partial charge on any atom is 0.344 e. The van der Waals surface area contributed by atoms with Crippen LogP contribution in [0, 0.1) is 5.92 Å². The molecule has 1 atom stereocenters. The van der Waals surface area contributed by atoms with Crippen LogP contribution in [-0.4, -0.2) is 89.5 Å². The van der Waals surface area contributed by atoms with Crippen molar-refractivity contribution in [1.29, 1.82) is 0 Å². The Morgan fingerprint density at radius 1 is 1.09 bits per heavy atom. The predicted molar refractivity (Wildman–Crippen MR) is 123 cm³/mol. The zero-order valence-electron chi connectivity index (χ0n) is 19.8. The fourth-order valence-corrected chi connectivity index (χ4v) is 5.15. The highest BCUT2D eigenvalue weighted by Gasteiger charge is 2.53. The van der Waals surface area contributed by atoms with Crippen LogP contribution in [0.25, 0.3) is 0 Å². The van der Waals surface area contributed by atoms with E-state index < -0.39 is 23.6 Å². The average molecular weight is 486 g/mol. The van der Waals surface area contributed by atoms with Gasteiger partial charge in [0, 0.05) is 26.2 Å². The van der Waals surface area contributed by atoms with E-state index >= 15 is 0 Å². The van der Waals surface area contributed by atoms with E-state index in [1.54, 1.807) is 17.0 Å². The van der Waals surface area contributed by atoms with E-state index in [2.05, 4.69) is 17.7 Å². The second kappa shape index (κ2) is 9.37. The summed E-state index contributed by atoms with van der Waals surface area (Å²) in [7, 11) is 0. The Kier molecular flexibility index (Phi) is 6.26. The van der Waals surface area contributed by atoms with Gasteiger partial charge < -0.3 is 19.7 Å². The molecule has 3 aliphatic heterocycles. The highest BCUT2D eigenvalue weighted by Crippen LogP contribution is 2.36. The van der Waals surface area contributed by atoms with Crippen LogP contribution in [0.4, 0.5) is 4.79 Å². The molecule has 3 heterocycles. The van der Waals surface area contributed by atoms with Gasteiger partial charge in [0.1, 0.15) is 12.1 Å². The van der Waals surface area contributed by atoms with Crippen LogP contribution in [0.5, 0.6) is 11.5 Å². The maximum atomic E-state index is 12.9. The molecule has 0 aromatic heterocycles. The van der Waals surface area contributed by atoms with Crippen molar-refractivity contribution in [1.82, 2.24) is 25.6 Å². The summed E-state index contributed by atoms with van der Waals surface area (Å²) in [6.45, 7) is 4.19. The fourth-order valence-electron chi connectivity index (χ4n) is 5.15. The number of nitrogens with zero attached hydrogens (tertiary/aromatic N) is 3. The van der Waals surface area contributed by atoms with Gasteiger partial charge >= 0.3 is 6.03 Å². The number of imide groups is 1. The SMILES string of the molecule is CC1CCC2(CC1)NC(=O)N(NC(=O)CN1CCN(C(=O)C3COc4ccccc4O3)CC1)C2=O. The van der Waals surface area contributed by atoms with Crippen molar-refractivity contribution in [2.45, 2.75) is 44.2 Å². The van der Waals surface area contributed by atoms with E-state index in [0.717, 1.165) is 17.9 Å². The molecule has 188 valence electrons. The normalized spacial score (nSPS) is 28.7. The lowest BCUT2D eigenvalue weighted by Crippen LogP contribution is -2.56. The Morgan fingerprint density at radius 2 is 1.77 bits per heavy atom. The quantitative estimate of drug-likeness (QED) is 0.596. The maximum absolute atomic E-state index is 12.9. The predicted octanol–water partition coefficient (Wildman–Crippen LogP) is 0.503. The highest BCUT2D eigenvalue weighted by molar-refractivity contribution is 6.08. The Bertz CT molecular complexity index is 1020. The number of hydrogen-bond donors (Lipinski definition) is 2. The molecule has 1 aliphatic carbocycles. The first-order chi connectivity index (χ1) is 16.8. The largest absolute Gasteiger partial charge is 0.485 e. The van der Waals surface area contributed by atoms with Gasteiger partial charge in [0.25, 0.3) is 17.7 Å². The lowest BCUT2D eigenvalue weighted by Gasteiger charge is -2.37. The Hall–Kier alpha value is -3.34. The molecule has 1 unspecified atom stereocenters. The third-order valence-electron chi connectivity index (χ3n) is 7.36. The van der Waals surface area contributed by atoms with Gasteiger partial charge in [0.2, 0.25) is 6.10 Å². The van der Waals surface area contributed by atoms with Crippen molar-refractivity contribution in [3.63, 3.8) is 0 Å². The molecule has 0 radical (unpaired) electrons. The number of rotatable bonds is 4. The second-order valence-corrected chi connectivity index (χ2v) is 9.84. The number of nitrogens with one attached hydrogen (secondary N) is 2. The van der Waals surface area contributed by atoms with E-state index in [1.165, 1.54) is 0 Å². The molecule has 4 aliphatic rings. The van der Waals surface area contributed by atoms with Crippen LogP contribution in [0.15, 0.2) is 24.3 Å². The lowest BCUT2D eigenvalue weighted by atomic mass is 9.77. The van der Waals surface area contributed by atoms with Crippen molar-refractivity contribution < 1.29 is 28.7 Å². The van der Waals surface area contributed by atoms with Crippen molar-refractivity contribution in [3.8, 4) is 11.5 Å². The summed E-state index contributed by atoms with van der Waals surface area (Å²) in [6.07, 6.45) is 2.20. The summed E-state index contributed by atoms with van der Waals surface area (Å²) in [4.78, 5) is 54.4. The van der Waals surface area contributed by atoms with E-state index in [-0.39, 0.29) is 25.0 Å². The number of para-hydroxylation sites is 2. The molecule has 1 aromatic rings. The van der Waals surface area contributed by atoms with Crippen LogP contribution in [0.3, 0.4) is 0 Å². The summed E-state index contributed by atoms with van der Waals surface area (Å²) in [6, 6.07) is 6.67. The fraction of sp³-hybridized carbons (Fsp3) is 0.583. The minimum absolute atomic E-state index is 0.0273. The summed E-state index contributed by atoms with van der Waals surface area (Å²) < 4.78 is 11.5. The van der Waals surface area contributed by atoms with Crippen LogP contribution in [0.1, 0.15) is 32.6 Å². The molecule has 1 aromatic carbocycles. The van der Waals surface area contributed by atoms with Crippen LogP contribution < -0.4 is 20.2 Å². The number of hydrazine groups is 1. The van der Waals surface area contributed by atoms with Gasteiger partial charge in [0.05, 0.1) is 6.54 Å². The number of urea groups is 1. The first kappa shape index (κ1) is 23.4. The molecule has 2 saturated heterocycles. The number of amides is 5. The van der Waals surface area contributed by atoms with Crippen molar-refractivity contribution in [2.75, 3.05) is 39.3 Å². The number of hydrogen-bond acceptors (Lipinski definition) is 7. The van der Waals surface area contributed by atoms with Gasteiger partial charge in [-0.25, -0.2) is 4.79 Å². The number of piperazine rings is 1. The lowest BCUT2D eigenvalue weighted by molar-refractivity contribution is -0.144. The zero-order valence-corrected chi connectivity index (χ0v) is 19.8.